The van der Waals surface area contributed by atoms with Crippen LogP contribution < -0.4 is 5.32 Å². The van der Waals surface area contributed by atoms with Crippen molar-refractivity contribution in [2.45, 2.75) is 118 Å². The van der Waals surface area contributed by atoms with Gasteiger partial charge in [-0.05, 0) is 75.2 Å². The van der Waals surface area contributed by atoms with Gasteiger partial charge in [0.15, 0.2) is 0 Å². The van der Waals surface area contributed by atoms with Crippen molar-refractivity contribution in [3.8, 4) is 0 Å². The molecule has 3 amide bonds. The lowest BCUT2D eigenvalue weighted by Gasteiger charge is -2.34. The first-order valence-electron chi connectivity index (χ1n) is 19.4. The molecule has 0 aromatic rings. The first-order chi connectivity index (χ1) is 25.5. The number of hydroxylamine groups is 2. The molecule has 2 aliphatic rings. The van der Waals surface area contributed by atoms with Gasteiger partial charge < -0.3 is 24.4 Å². The van der Waals surface area contributed by atoms with Crippen LogP contribution in [0.2, 0.25) is 0 Å². The van der Waals surface area contributed by atoms with Gasteiger partial charge in [0.1, 0.15) is 16.8 Å². The summed E-state index contributed by atoms with van der Waals surface area (Å²) in [5.74, 6) is -3.02. The lowest BCUT2D eigenvalue weighted by atomic mass is 10.2. The fourth-order valence-electron chi connectivity index (χ4n) is 5.74. The monoisotopic (exact) mass is 782 g/mol. The molecule has 0 radical (unpaired) electrons. The number of ether oxygens (including phenoxy) is 3. The number of carbonyl (C=O) groups is 7. The highest BCUT2D eigenvalue weighted by Crippen LogP contribution is 2.14. The summed E-state index contributed by atoms with van der Waals surface area (Å²) in [5.41, 5.74) is -1.97. The SMILES string of the molecule is CC(C)(C)OC(=O)CN1CCN(CC(=O)NCCCCCC(=O)ON2C(=O)CCC2=O)CCN(CC(=O)OC(C)(C)C)CCN(CC(=O)OC(C)(C)C)CC1. The van der Waals surface area contributed by atoms with Gasteiger partial charge in [-0.3, -0.25) is 48.4 Å². The Morgan fingerprint density at radius 1 is 0.509 bits per heavy atom. The largest absolute Gasteiger partial charge is 0.459 e. The summed E-state index contributed by atoms with van der Waals surface area (Å²) in [6.07, 6.45) is 1.80. The summed E-state index contributed by atoms with van der Waals surface area (Å²) in [4.78, 5) is 100.0. The lowest BCUT2D eigenvalue weighted by Crippen LogP contribution is -2.50. The van der Waals surface area contributed by atoms with Gasteiger partial charge in [-0.15, -0.1) is 5.06 Å². The minimum absolute atomic E-state index is 0.0283. The normalized spacial score (nSPS) is 17.9. The summed E-state index contributed by atoms with van der Waals surface area (Å²) in [6, 6.07) is 0. The van der Waals surface area contributed by atoms with E-state index in [-0.39, 0.29) is 69.3 Å². The predicted molar refractivity (Wildman–Crippen MR) is 202 cm³/mol. The Balaban J connectivity index is 2.08. The maximum Gasteiger partial charge on any atom is 0.333 e. The van der Waals surface area contributed by atoms with Crippen LogP contribution in [0.3, 0.4) is 0 Å². The first-order valence-corrected chi connectivity index (χ1v) is 19.4. The summed E-state index contributed by atoms with van der Waals surface area (Å²) in [6.45, 7) is 20.3. The van der Waals surface area contributed by atoms with Crippen LogP contribution in [-0.4, -0.2) is 168 Å². The summed E-state index contributed by atoms with van der Waals surface area (Å²) >= 11 is 0. The molecule has 2 saturated heterocycles. The number of rotatable bonds is 15. The molecule has 55 heavy (non-hydrogen) atoms. The molecule has 0 unspecified atom stereocenters. The van der Waals surface area contributed by atoms with E-state index in [0.29, 0.717) is 83.2 Å². The zero-order valence-electron chi connectivity index (χ0n) is 34.7. The average molecular weight is 783 g/mol. The minimum Gasteiger partial charge on any atom is -0.459 e. The van der Waals surface area contributed by atoms with Crippen molar-refractivity contribution in [2.24, 2.45) is 0 Å². The van der Waals surface area contributed by atoms with E-state index in [4.69, 9.17) is 19.0 Å². The highest BCUT2D eigenvalue weighted by molar-refractivity contribution is 6.01. The van der Waals surface area contributed by atoms with Crippen LogP contribution in [0.15, 0.2) is 0 Å². The standard InChI is InChI=1S/C38H66N6O11/c1-36(2,3)52-33(49)26-41-19-17-40(25-29(45)39-16-12-10-11-13-32(48)55-44-30(46)14-15-31(44)47)18-20-42(27-34(50)53-37(4,5)6)22-24-43(23-21-41)28-35(51)54-38(7,8)9/h10-28H2,1-9H3,(H,39,45). The summed E-state index contributed by atoms with van der Waals surface area (Å²) < 4.78 is 16.8. The van der Waals surface area contributed by atoms with Crippen molar-refractivity contribution in [1.29, 1.82) is 0 Å². The van der Waals surface area contributed by atoms with Gasteiger partial charge in [0, 0.05) is 78.2 Å². The van der Waals surface area contributed by atoms with Crippen LogP contribution in [0.1, 0.15) is 101 Å². The Labute approximate surface area is 326 Å². The van der Waals surface area contributed by atoms with Crippen LogP contribution >= 0.6 is 0 Å². The Bertz CT molecular complexity index is 1260. The molecular weight excluding hydrogens is 716 g/mol. The topological polar surface area (TPSA) is 185 Å². The minimum atomic E-state index is -0.661. The van der Waals surface area contributed by atoms with E-state index in [9.17, 15) is 33.6 Å². The predicted octanol–water partition coefficient (Wildman–Crippen LogP) is 1.52. The number of esters is 3. The second kappa shape index (κ2) is 22.2. The Morgan fingerprint density at radius 3 is 1.20 bits per heavy atom. The number of nitrogens with zero attached hydrogens (tertiary/aromatic N) is 5. The number of unbranched alkanes of at least 4 members (excludes halogenated alkanes) is 2. The second-order valence-corrected chi connectivity index (χ2v) is 17.1. The van der Waals surface area contributed by atoms with E-state index in [1.807, 2.05) is 81.9 Å². The fourth-order valence-corrected chi connectivity index (χ4v) is 5.74. The Hall–Kier alpha value is -3.67. The molecule has 0 aliphatic carbocycles. The third-order valence-corrected chi connectivity index (χ3v) is 8.19. The van der Waals surface area contributed by atoms with E-state index >= 15 is 0 Å². The third-order valence-electron chi connectivity index (χ3n) is 8.19. The van der Waals surface area contributed by atoms with Crippen molar-refractivity contribution in [3.63, 3.8) is 0 Å². The molecule has 314 valence electrons. The molecule has 17 nitrogen and oxygen atoms in total. The lowest BCUT2D eigenvalue weighted by molar-refractivity contribution is -0.197. The molecule has 0 atom stereocenters. The zero-order chi connectivity index (χ0) is 41.4. The number of amides is 3. The van der Waals surface area contributed by atoms with Gasteiger partial charge >= 0.3 is 23.9 Å². The molecule has 0 bridgehead atoms. The molecule has 2 fully saturated rings. The Morgan fingerprint density at radius 2 is 0.855 bits per heavy atom. The van der Waals surface area contributed by atoms with Crippen LogP contribution in [0, 0.1) is 0 Å². The zero-order valence-corrected chi connectivity index (χ0v) is 34.7. The van der Waals surface area contributed by atoms with Gasteiger partial charge in [-0.1, -0.05) is 6.42 Å². The van der Waals surface area contributed by atoms with E-state index in [1.165, 1.54) is 0 Å². The molecule has 2 aliphatic heterocycles. The van der Waals surface area contributed by atoms with Gasteiger partial charge in [0.25, 0.3) is 11.8 Å². The van der Waals surface area contributed by atoms with E-state index < -0.39 is 34.6 Å². The Kier molecular flexibility index (Phi) is 19.1. The second-order valence-electron chi connectivity index (χ2n) is 17.1. The third kappa shape index (κ3) is 21.9. The average Bonchev–Trinajstić information content (AvgIpc) is 3.33. The molecule has 0 aromatic carbocycles. The van der Waals surface area contributed by atoms with Gasteiger partial charge in [0.05, 0.1) is 26.2 Å². The molecule has 1 N–H and O–H groups in total. The molecule has 2 heterocycles. The van der Waals surface area contributed by atoms with Gasteiger partial charge in [-0.25, -0.2) is 4.79 Å². The molecule has 17 heteroatoms. The molecule has 2 rings (SSSR count). The molecule has 0 spiro atoms. The highest BCUT2D eigenvalue weighted by Gasteiger charge is 2.33. The summed E-state index contributed by atoms with van der Waals surface area (Å²) in [5, 5.41) is 3.47. The van der Waals surface area contributed by atoms with E-state index in [1.54, 1.807) is 0 Å². The summed E-state index contributed by atoms with van der Waals surface area (Å²) in [7, 11) is 0. The molecular formula is C38H66N6O11. The number of hydrogen-bond acceptors (Lipinski definition) is 15. The molecule has 0 aromatic heterocycles. The van der Waals surface area contributed by atoms with E-state index in [0.717, 1.165) is 0 Å². The van der Waals surface area contributed by atoms with Crippen molar-refractivity contribution in [2.75, 3.05) is 85.1 Å². The molecule has 0 saturated carbocycles. The maximum absolute atomic E-state index is 13.1. The fraction of sp³-hybridized carbons (Fsp3) is 0.816. The van der Waals surface area contributed by atoms with Gasteiger partial charge in [0.2, 0.25) is 5.91 Å². The first kappa shape index (κ1) is 47.5. The number of imide groups is 1. The highest BCUT2D eigenvalue weighted by atomic mass is 16.7. The van der Waals surface area contributed by atoms with Crippen molar-refractivity contribution in [3.05, 3.63) is 0 Å². The smallest absolute Gasteiger partial charge is 0.333 e. The van der Waals surface area contributed by atoms with Crippen molar-refractivity contribution >= 4 is 41.6 Å². The van der Waals surface area contributed by atoms with Crippen LogP contribution in [0.4, 0.5) is 0 Å². The van der Waals surface area contributed by atoms with Crippen molar-refractivity contribution in [1.82, 2.24) is 30.0 Å². The maximum atomic E-state index is 13.1. The number of hydrogen-bond donors (Lipinski definition) is 1. The number of carbonyl (C=O) groups excluding carboxylic acids is 7. The van der Waals surface area contributed by atoms with Crippen molar-refractivity contribution < 1.29 is 52.6 Å². The van der Waals surface area contributed by atoms with E-state index in [2.05, 4.69) is 5.32 Å². The van der Waals surface area contributed by atoms with Gasteiger partial charge in [-0.2, -0.15) is 0 Å². The van der Waals surface area contributed by atoms with Crippen LogP contribution in [0.5, 0.6) is 0 Å². The quantitative estimate of drug-likeness (QED) is 0.109. The number of nitrogens with one attached hydrogen (secondary N) is 1. The van der Waals surface area contributed by atoms with Crippen LogP contribution in [0.25, 0.3) is 0 Å². The van der Waals surface area contributed by atoms with Crippen LogP contribution in [-0.2, 0) is 52.6 Å².